The number of nitrogens with zero attached hydrogens (tertiary/aromatic N) is 3. The number of rotatable bonds is 2. The van der Waals surface area contributed by atoms with Gasteiger partial charge in [0.15, 0.2) is 0 Å². The highest BCUT2D eigenvalue weighted by Gasteiger charge is 2.18. The zero-order valence-corrected chi connectivity index (χ0v) is 11.0. The Balaban J connectivity index is 2.27. The van der Waals surface area contributed by atoms with Crippen LogP contribution in [0.1, 0.15) is 16.2 Å². The van der Waals surface area contributed by atoms with Gasteiger partial charge in [-0.05, 0) is 35.0 Å². The van der Waals surface area contributed by atoms with Gasteiger partial charge < -0.3 is 5.32 Å². The quantitative estimate of drug-likeness (QED) is 0.923. The van der Waals surface area contributed by atoms with Gasteiger partial charge in [-0.3, -0.25) is 14.5 Å². The molecule has 2 aromatic heterocycles. The van der Waals surface area contributed by atoms with E-state index in [0.717, 1.165) is 5.69 Å². The highest BCUT2D eigenvalue weighted by Crippen LogP contribution is 2.21. The van der Waals surface area contributed by atoms with Gasteiger partial charge in [-0.15, -0.1) is 0 Å². The van der Waals surface area contributed by atoms with Crippen LogP contribution in [0.5, 0.6) is 0 Å². The van der Waals surface area contributed by atoms with Gasteiger partial charge in [0.2, 0.25) is 0 Å². The van der Waals surface area contributed by atoms with Crippen molar-refractivity contribution < 1.29 is 4.79 Å². The predicted molar refractivity (Wildman–Crippen MR) is 67.8 cm³/mol. The standard InChI is InChI=1S/C11H11BrN4O/c1-7-9(12)10(16(2)15-7)11(17)14-8-3-5-13-6-4-8/h3-6H,1-2H3,(H,13,14,17). The van der Waals surface area contributed by atoms with Crippen molar-refractivity contribution in [3.63, 3.8) is 0 Å². The highest BCUT2D eigenvalue weighted by atomic mass is 79.9. The molecular formula is C11H11BrN4O. The molecule has 0 saturated heterocycles. The normalized spacial score (nSPS) is 10.3. The summed E-state index contributed by atoms with van der Waals surface area (Å²) in [4.78, 5) is 15.9. The molecular weight excluding hydrogens is 284 g/mol. The van der Waals surface area contributed by atoms with E-state index < -0.39 is 0 Å². The smallest absolute Gasteiger partial charge is 0.275 e. The van der Waals surface area contributed by atoms with Crippen molar-refractivity contribution in [2.24, 2.45) is 7.05 Å². The lowest BCUT2D eigenvalue weighted by molar-refractivity contribution is 0.101. The number of aromatic nitrogens is 3. The molecule has 88 valence electrons. The average Bonchev–Trinajstić information content (AvgIpc) is 2.54. The van der Waals surface area contributed by atoms with Crippen LogP contribution in [0.2, 0.25) is 0 Å². The maximum absolute atomic E-state index is 12.0. The summed E-state index contributed by atoms with van der Waals surface area (Å²) in [7, 11) is 1.74. The number of anilines is 1. The lowest BCUT2D eigenvalue weighted by atomic mass is 10.3. The Morgan fingerprint density at radius 2 is 2.06 bits per heavy atom. The maximum Gasteiger partial charge on any atom is 0.275 e. The van der Waals surface area contributed by atoms with E-state index in [0.29, 0.717) is 15.9 Å². The fraction of sp³-hybridized carbons (Fsp3) is 0.182. The van der Waals surface area contributed by atoms with Crippen LogP contribution in [-0.2, 0) is 7.05 Å². The van der Waals surface area contributed by atoms with Crippen molar-refractivity contribution in [2.75, 3.05) is 5.32 Å². The Bertz CT molecular complexity index is 550. The minimum Gasteiger partial charge on any atom is -0.321 e. The van der Waals surface area contributed by atoms with E-state index in [-0.39, 0.29) is 5.91 Å². The van der Waals surface area contributed by atoms with Crippen LogP contribution in [0.4, 0.5) is 5.69 Å². The van der Waals surface area contributed by atoms with E-state index in [2.05, 4.69) is 31.3 Å². The Kier molecular flexibility index (Phi) is 3.23. The molecule has 5 nitrogen and oxygen atoms in total. The highest BCUT2D eigenvalue weighted by molar-refractivity contribution is 9.10. The number of amides is 1. The van der Waals surface area contributed by atoms with E-state index in [1.54, 1.807) is 36.3 Å². The van der Waals surface area contributed by atoms with E-state index in [4.69, 9.17) is 0 Å². The van der Waals surface area contributed by atoms with E-state index in [1.165, 1.54) is 0 Å². The first-order valence-electron chi connectivity index (χ1n) is 5.00. The summed E-state index contributed by atoms with van der Waals surface area (Å²) in [6.07, 6.45) is 3.25. The largest absolute Gasteiger partial charge is 0.321 e. The molecule has 0 aromatic carbocycles. The Morgan fingerprint density at radius 3 is 2.59 bits per heavy atom. The first kappa shape index (κ1) is 11.8. The van der Waals surface area contributed by atoms with Gasteiger partial charge >= 0.3 is 0 Å². The van der Waals surface area contributed by atoms with Crippen LogP contribution in [0, 0.1) is 6.92 Å². The molecule has 0 aliphatic heterocycles. The molecule has 0 unspecified atom stereocenters. The molecule has 0 radical (unpaired) electrons. The van der Waals surface area contributed by atoms with Crippen molar-refractivity contribution in [1.82, 2.24) is 14.8 Å². The molecule has 6 heteroatoms. The number of hydrogen-bond donors (Lipinski definition) is 1. The summed E-state index contributed by atoms with van der Waals surface area (Å²) in [5.74, 6) is -0.203. The van der Waals surface area contributed by atoms with Crippen molar-refractivity contribution in [3.8, 4) is 0 Å². The van der Waals surface area contributed by atoms with Crippen LogP contribution in [0.15, 0.2) is 29.0 Å². The molecule has 17 heavy (non-hydrogen) atoms. The number of hydrogen-bond acceptors (Lipinski definition) is 3. The van der Waals surface area contributed by atoms with Gasteiger partial charge in [0, 0.05) is 25.1 Å². The minimum atomic E-state index is -0.203. The molecule has 0 aliphatic carbocycles. The third-order valence-corrected chi connectivity index (χ3v) is 3.25. The molecule has 2 heterocycles. The summed E-state index contributed by atoms with van der Waals surface area (Å²) in [6.45, 7) is 1.84. The molecule has 0 bridgehead atoms. The summed E-state index contributed by atoms with van der Waals surface area (Å²) in [5, 5.41) is 6.95. The van der Waals surface area contributed by atoms with Crippen LogP contribution in [0.3, 0.4) is 0 Å². The molecule has 2 aromatic rings. The monoisotopic (exact) mass is 294 g/mol. The van der Waals surface area contributed by atoms with Gasteiger partial charge in [-0.25, -0.2) is 0 Å². The van der Waals surface area contributed by atoms with Crippen molar-refractivity contribution in [2.45, 2.75) is 6.92 Å². The number of carbonyl (C=O) groups excluding carboxylic acids is 1. The molecule has 1 amide bonds. The van der Waals surface area contributed by atoms with Crippen LogP contribution in [0.25, 0.3) is 0 Å². The first-order chi connectivity index (χ1) is 8.09. The fourth-order valence-corrected chi connectivity index (χ4v) is 2.02. The summed E-state index contributed by atoms with van der Waals surface area (Å²) >= 11 is 3.36. The number of carbonyl (C=O) groups is 1. The number of aryl methyl sites for hydroxylation is 2. The summed E-state index contributed by atoms with van der Waals surface area (Å²) in [5.41, 5.74) is 1.99. The third-order valence-electron chi connectivity index (χ3n) is 2.30. The number of nitrogens with one attached hydrogen (secondary N) is 1. The van der Waals surface area contributed by atoms with Gasteiger partial charge in [0.25, 0.3) is 5.91 Å². The topological polar surface area (TPSA) is 59.8 Å². The minimum absolute atomic E-state index is 0.203. The van der Waals surface area contributed by atoms with Crippen LogP contribution in [-0.4, -0.2) is 20.7 Å². The summed E-state index contributed by atoms with van der Waals surface area (Å²) in [6, 6.07) is 3.46. The van der Waals surface area contributed by atoms with Crippen molar-refractivity contribution in [1.29, 1.82) is 0 Å². The number of pyridine rings is 1. The fourth-order valence-electron chi connectivity index (χ4n) is 1.50. The average molecular weight is 295 g/mol. The van der Waals surface area contributed by atoms with Gasteiger partial charge in [0.05, 0.1) is 10.2 Å². The molecule has 1 N–H and O–H groups in total. The molecule has 0 atom stereocenters. The van der Waals surface area contributed by atoms with Gasteiger partial charge in [0.1, 0.15) is 5.69 Å². The molecule has 0 fully saturated rings. The van der Waals surface area contributed by atoms with Crippen LogP contribution < -0.4 is 5.32 Å². The SMILES string of the molecule is Cc1nn(C)c(C(=O)Nc2ccncc2)c1Br. The summed E-state index contributed by atoms with van der Waals surface area (Å²) < 4.78 is 2.27. The third kappa shape index (κ3) is 2.36. The maximum atomic E-state index is 12.0. The molecule has 0 saturated carbocycles. The second-order valence-electron chi connectivity index (χ2n) is 3.56. The van der Waals surface area contributed by atoms with E-state index in [1.807, 2.05) is 6.92 Å². The predicted octanol–water partition coefficient (Wildman–Crippen LogP) is 2.14. The van der Waals surface area contributed by atoms with Gasteiger partial charge in [-0.1, -0.05) is 0 Å². The molecule has 0 spiro atoms. The van der Waals surface area contributed by atoms with E-state index in [9.17, 15) is 4.79 Å². The Morgan fingerprint density at radius 1 is 1.41 bits per heavy atom. The van der Waals surface area contributed by atoms with Gasteiger partial charge in [-0.2, -0.15) is 5.10 Å². The lowest BCUT2D eigenvalue weighted by Crippen LogP contribution is -2.16. The Hall–Kier alpha value is -1.69. The molecule has 0 aliphatic rings. The van der Waals surface area contributed by atoms with Crippen molar-refractivity contribution >= 4 is 27.5 Å². The number of halogens is 1. The second kappa shape index (κ2) is 4.67. The van der Waals surface area contributed by atoms with Crippen LogP contribution >= 0.6 is 15.9 Å². The zero-order chi connectivity index (χ0) is 12.4. The molecule has 2 rings (SSSR count). The van der Waals surface area contributed by atoms with Crippen molar-refractivity contribution in [3.05, 3.63) is 40.4 Å². The first-order valence-corrected chi connectivity index (χ1v) is 5.79. The van der Waals surface area contributed by atoms with E-state index >= 15 is 0 Å². The zero-order valence-electron chi connectivity index (χ0n) is 9.44. The Labute approximate surface area is 107 Å². The second-order valence-corrected chi connectivity index (χ2v) is 4.35. The lowest BCUT2D eigenvalue weighted by Gasteiger charge is -2.05.